The highest BCUT2D eigenvalue weighted by Crippen LogP contribution is 2.25. The van der Waals surface area contributed by atoms with Crippen LogP contribution in [0.5, 0.6) is 0 Å². The molecule has 0 aromatic heterocycles. The summed E-state index contributed by atoms with van der Waals surface area (Å²) in [6.45, 7) is 2.28. The minimum Gasteiger partial charge on any atom is -0.481 e. The number of hydrogen-bond donors (Lipinski definition) is 1. The maximum Gasteiger partial charge on any atom is 0.276 e. The molecule has 0 unspecified atom stereocenters. The zero-order valence-corrected chi connectivity index (χ0v) is 17.3. The molecule has 0 spiro atoms. The van der Waals surface area contributed by atoms with Gasteiger partial charge in [0.05, 0.1) is 0 Å². The minimum absolute atomic E-state index is 0.00704. The summed E-state index contributed by atoms with van der Waals surface area (Å²) in [5, 5.41) is 9.44. The van der Waals surface area contributed by atoms with Crippen LogP contribution in [0, 0.1) is 0 Å². The van der Waals surface area contributed by atoms with E-state index in [4.69, 9.17) is 4.74 Å². The first-order chi connectivity index (χ1) is 13.3. The van der Waals surface area contributed by atoms with E-state index in [0.29, 0.717) is 0 Å². The molecule has 0 heterocycles. The summed E-state index contributed by atoms with van der Waals surface area (Å²) >= 11 is 0. The molecule has 1 fully saturated rings. The van der Waals surface area contributed by atoms with Crippen molar-refractivity contribution in [2.24, 2.45) is 0 Å². The molecule has 1 aliphatic rings. The number of aliphatic hydroxyl groups excluding tert-OH is 1. The standard InChI is InChI=1S/C25H40O2/c1-2-3-4-5-6-7-8-9-10-11-12-13-14-15-16-17-18-19-20-21-25(26)27-24-22-23-24/h13-21,24,26H,2-12,22-23H2,1H3/b14-13+,16-15+,18-17+,20-19+,25-21+. The van der Waals surface area contributed by atoms with Crippen LogP contribution < -0.4 is 0 Å². The quantitative estimate of drug-likeness (QED) is 0.159. The predicted octanol–water partition coefficient (Wildman–Crippen LogP) is 8.10. The van der Waals surface area contributed by atoms with Crippen LogP contribution in [0.1, 0.15) is 90.4 Å². The van der Waals surface area contributed by atoms with E-state index in [1.807, 2.05) is 24.3 Å². The summed E-state index contributed by atoms with van der Waals surface area (Å²) in [5.74, 6) is 0.00704. The number of aliphatic hydroxyl groups is 1. The second-order valence-electron chi connectivity index (χ2n) is 7.38. The summed E-state index contributed by atoms with van der Waals surface area (Å²) in [5.41, 5.74) is 0. The fourth-order valence-electron chi connectivity index (χ4n) is 2.78. The van der Waals surface area contributed by atoms with Gasteiger partial charge in [-0.2, -0.15) is 0 Å². The molecule has 0 amide bonds. The second-order valence-corrected chi connectivity index (χ2v) is 7.38. The third kappa shape index (κ3) is 17.5. The number of rotatable bonds is 17. The Morgan fingerprint density at radius 2 is 1.26 bits per heavy atom. The molecule has 1 N–H and O–H groups in total. The van der Waals surface area contributed by atoms with Crippen LogP contribution in [0.4, 0.5) is 0 Å². The van der Waals surface area contributed by atoms with E-state index in [1.165, 1.54) is 70.6 Å². The topological polar surface area (TPSA) is 29.5 Å². The van der Waals surface area contributed by atoms with Crippen LogP contribution in [-0.4, -0.2) is 11.2 Å². The normalized spacial score (nSPS) is 15.8. The van der Waals surface area contributed by atoms with Crippen molar-refractivity contribution in [1.29, 1.82) is 0 Å². The Morgan fingerprint density at radius 1 is 0.741 bits per heavy atom. The van der Waals surface area contributed by atoms with Gasteiger partial charge in [-0.3, -0.25) is 0 Å². The number of unbranched alkanes of at least 4 members (excludes halogenated alkanes) is 10. The third-order valence-corrected chi connectivity index (χ3v) is 4.58. The lowest BCUT2D eigenvalue weighted by Gasteiger charge is -2.01. The van der Waals surface area contributed by atoms with Crippen LogP contribution in [0.25, 0.3) is 0 Å². The Hall–Kier alpha value is -1.70. The molecule has 0 radical (unpaired) electrons. The van der Waals surface area contributed by atoms with E-state index in [1.54, 1.807) is 12.2 Å². The van der Waals surface area contributed by atoms with Crippen LogP contribution >= 0.6 is 0 Å². The Kier molecular flexibility index (Phi) is 15.3. The van der Waals surface area contributed by atoms with Gasteiger partial charge in [-0.25, -0.2) is 0 Å². The molecule has 0 bridgehead atoms. The zero-order valence-electron chi connectivity index (χ0n) is 17.3. The predicted molar refractivity (Wildman–Crippen MR) is 118 cm³/mol. The third-order valence-electron chi connectivity index (χ3n) is 4.58. The van der Waals surface area contributed by atoms with Gasteiger partial charge in [0, 0.05) is 6.08 Å². The first-order valence-corrected chi connectivity index (χ1v) is 11.1. The van der Waals surface area contributed by atoms with Crippen molar-refractivity contribution in [1.82, 2.24) is 0 Å². The highest BCUT2D eigenvalue weighted by Gasteiger charge is 2.23. The summed E-state index contributed by atoms with van der Waals surface area (Å²) < 4.78 is 5.22. The molecule has 1 aliphatic carbocycles. The van der Waals surface area contributed by atoms with Crippen molar-refractivity contribution in [2.45, 2.75) is 96.5 Å². The van der Waals surface area contributed by atoms with E-state index in [0.717, 1.165) is 12.8 Å². The van der Waals surface area contributed by atoms with E-state index >= 15 is 0 Å². The van der Waals surface area contributed by atoms with Crippen molar-refractivity contribution in [2.75, 3.05) is 0 Å². The van der Waals surface area contributed by atoms with Crippen molar-refractivity contribution in [3.63, 3.8) is 0 Å². The van der Waals surface area contributed by atoms with Crippen LogP contribution in [-0.2, 0) is 4.74 Å². The van der Waals surface area contributed by atoms with E-state index in [-0.39, 0.29) is 12.0 Å². The SMILES string of the molecule is CCCCCCCCCCCC/C=C/C=C/C=C/C=C/C=C(\O)OC1CC1. The van der Waals surface area contributed by atoms with Crippen molar-refractivity contribution in [3.05, 3.63) is 60.6 Å². The Morgan fingerprint density at radius 3 is 1.85 bits per heavy atom. The number of ether oxygens (including phenoxy) is 1. The van der Waals surface area contributed by atoms with Gasteiger partial charge < -0.3 is 9.84 Å². The maximum absolute atomic E-state index is 9.44. The minimum atomic E-state index is 0.00704. The molecule has 0 atom stereocenters. The molecule has 27 heavy (non-hydrogen) atoms. The van der Waals surface area contributed by atoms with Gasteiger partial charge >= 0.3 is 0 Å². The lowest BCUT2D eigenvalue weighted by atomic mass is 10.1. The van der Waals surface area contributed by atoms with Crippen LogP contribution in [0.15, 0.2) is 60.6 Å². The Bertz CT molecular complexity index is 479. The molecule has 1 saturated carbocycles. The van der Waals surface area contributed by atoms with Crippen molar-refractivity contribution < 1.29 is 9.84 Å². The summed E-state index contributed by atoms with van der Waals surface area (Å²) in [6, 6.07) is 0. The van der Waals surface area contributed by atoms with Crippen LogP contribution in [0.3, 0.4) is 0 Å². The van der Waals surface area contributed by atoms with Crippen LogP contribution in [0.2, 0.25) is 0 Å². The monoisotopic (exact) mass is 372 g/mol. The fourth-order valence-corrected chi connectivity index (χ4v) is 2.78. The Balaban J connectivity index is 1.88. The number of allylic oxidation sites excluding steroid dienone is 9. The average Bonchev–Trinajstić information content (AvgIpc) is 3.47. The summed E-state index contributed by atoms with van der Waals surface area (Å²) in [6.07, 6.45) is 35.1. The van der Waals surface area contributed by atoms with Gasteiger partial charge in [-0.1, -0.05) is 113 Å². The fraction of sp³-hybridized carbons (Fsp3) is 0.600. The first kappa shape index (κ1) is 23.3. The molecule has 0 aromatic carbocycles. The zero-order chi connectivity index (χ0) is 19.4. The van der Waals surface area contributed by atoms with Crippen molar-refractivity contribution >= 4 is 0 Å². The van der Waals surface area contributed by atoms with E-state index < -0.39 is 0 Å². The summed E-state index contributed by atoms with van der Waals surface area (Å²) in [4.78, 5) is 0. The number of hydrogen-bond acceptors (Lipinski definition) is 2. The lowest BCUT2D eigenvalue weighted by Crippen LogP contribution is -1.91. The van der Waals surface area contributed by atoms with Gasteiger partial charge in [0.15, 0.2) is 0 Å². The maximum atomic E-state index is 9.44. The van der Waals surface area contributed by atoms with Gasteiger partial charge in [0.2, 0.25) is 0 Å². The van der Waals surface area contributed by atoms with E-state index in [9.17, 15) is 5.11 Å². The Labute approximate surface area is 167 Å². The molecular formula is C25H40O2. The highest BCUT2D eigenvalue weighted by molar-refractivity contribution is 5.18. The van der Waals surface area contributed by atoms with Gasteiger partial charge in [0.25, 0.3) is 5.95 Å². The molecular weight excluding hydrogens is 332 g/mol. The molecule has 2 heteroatoms. The first-order valence-electron chi connectivity index (χ1n) is 11.1. The average molecular weight is 373 g/mol. The largest absolute Gasteiger partial charge is 0.481 e. The van der Waals surface area contributed by atoms with E-state index in [2.05, 4.69) is 25.2 Å². The van der Waals surface area contributed by atoms with Gasteiger partial charge in [-0.05, 0) is 25.7 Å². The summed E-state index contributed by atoms with van der Waals surface area (Å²) in [7, 11) is 0. The molecule has 2 nitrogen and oxygen atoms in total. The lowest BCUT2D eigenvalue weighted by molar-refractivity contribution is 0.0824. The molecule has 0 aliphatic heterocycles. The molecule has 0 saturated heterocycles. The van der Waals surface area contributed by atoms with Gasteiger partial charge in [0.1, 0.15) is 6.10 Å². The van der Waals surface area contributed by atoms with Gasteiger partial charge in [-0.15, -0.1) is 0 Å². The smallest absolute Gasteiger partial charge is 0.276 e. The molecule has 0 aromatic rings. The molecule has 152 valence electrons. The second kappa shape index (κ2) is 17.7. The highest BCUT2D eigenvalue weighted by atomic mass is 16.6. The molecule has 1 rings (SSSR count). The van der Waals surface area contributed by atoms with Crippen molar-refractivity contribution in [3.8, 4) is 0 Å².